The summed E-state index contributed by atoms with van der Waals surface area (Å²) in [4.78, 5) is 75.1. The Labute approximate surface area is 575 Å². The molecule has 32 nitrogen and oxygen atoms in total. The number of nitrogens with zero attached hydrogens (tertiary/aromatic N) is 11. The van der Waals surface area contributed by atoms with E-state index in [1.54, 1.807) is 103 Å². The molecule has 4 aliphatic rings. The maximum Gasteiger partial charge on any atom is 0.337 e. The molecule has 4 fully saturated rings. The summed E-state index contributed by atoms with van der Waals surface area (Å²) in [6.07, 6.45) is 5.49. The highest BCUT2D eigenvalue weighted by molar-refractivity contribution is 7.15. The smallest absolute Gasteiger partial charge is 0.337 e. The van der Waals surface area contributed by atoms with Crippen molar-refractivity contribution in [3.63, 3.8) is 0 Å². The van der Waals surface area contributed by atoms with Crippen molar-refractivity contribution in [3.8, 4) is 38.0 Å². The minimum absolute atomic E-state index is 0.0977. The fourth-order valence-corrected chi connectivity index (χ4v) is 10.5. The molecule has 2 amide bonds. The summed E-state index contributed by atoms with van der Waals surface area (Å²) < 4.78 is 51.6. The summed E-state index contributed by atoms with van der Waals surface area (Å²) in [7, 11) is 1.33. The molecule has 4 saturated heterocycles. The molecule has 0 spiro atoms. The molecule has 8 aromatic heterocycles. The van der Waals surface area contributed by atoms with E-state index in [1.807, 2.05) is 80.8 Å². The van der Waals surface area contributed by atoms with E-state index in [4.69, 9.17) is 48.8 Å². The molecule has 12 heterocycles. The fraction of sp³-hybridized carbons (Fsp3) is 0.429. The van der Waals surface area contributed by atoms with E-state index in [2.05, 4.69) is 70.3 Å². The van der Waals surface area contributed by atoms with Gasteiger partial charge in [0.05, 0.1) is 46.7 Å². The maximum absolute atomic E-state index is 11.8. The first-order valence-electron chi connectivity index (χ1n) is 30.1. The Morgan fingerprint density at radius 2 is 1.03 bits per heavy atom. The van der Waals surface area contributed by atoms with E-state index in [9.17, 15) is 34.2 Å². The number of ketones is 1. The molecule has 0 aliphatic carbocycles. The van der Waals surface area contributed by atoms with Gasteiger partial charge in [0.15, 0.2) is 56.2 Å². The minimum atomic E-state index is -0.958. The highest BCUT2D eigenvalue weighted by Gasteiger charge is 2.40. The molecule has 8 aromatic rings. The monoisotopic (exact) mass is 1410 g/mol. The van der Waals surface area contributed by atoms with Crippen molar-refractivity contribution < 1.29 is 86.7 Å². The lowest BCUT2D eigenvalue weighted by Gasteiger charge is -2.16. The first kappa shape index (κ1) is 78.5. The number of aliphatic hydroxyl groups is 3. The number of amides is 2. The number of nitrogens with two attached hydrogens (primary N) is 1. The van der Waals surface area contributed by atoms with Gasteiger partial charge in [-0.2, -0.15) is 0 Å². The molecule has 0 aromatic carbocycles. The average molecular weight is 1420 g/mol. The molecule has 7 N–H and O–H groups in total. The third-order valence-electron chi connectivity index (χ3n) is 12.8. The van der Waals surface area contributed by atoms with Crippen LogP contribution in [0.2, 0.25) is 0 Å². The number of esters is 1. The SMILES string of the molecule is CC1(C)OCC(C(=O)CNC(=O)c2ccccn2)O1.CC1(C)OCC(C(=O)NN)O1.CC1(C)OCC(c2nnc(-c3ccccn3)s2)O1.CCC(O)c1nnc(-c2ccccn2)s1.COC(=O)C1COC(C)(C)O1.O=COc1ccccn1.OCC(O)c1nnc(-c2ccccn2)s1. The van der Waals surface area contributed by atoms with Gasteiger partial charge in [0.1, 0.15) is 62.2 Å². The number of hydrogen-bond donors (Lipinski definition) is 6. The second kappa shape index (κ2) is 38.6. The van der Waals surface area contributed by atoms with Crippen LogP contribution in [-0.2, 0) is 61.8 Å². The van der Waals surface area contributed by atoms with Gasteiger partial charge in [0.2, 0.25) is 5.88 Å². The number of hydrazine groups is 1. The topological polar surface area (TPSA) is 430 Å². The number of pyridine rings is 5. The van der Waals surface area contributed by atoms with Crippen LogP contribution in [-0.4, -0.2) is 189 Å². The number of hydrogen-bond acceptors (Lipinski definition) is 33. The molecular weight excluding hydrogens is 1340 g/mol. The maximum atomic E-state index is 11.8. The normalized spacial score (nSPS) is 19.2. The van der Waals surface area contributed by atoms with Crippen molar-refractivity contribution in [2.24, 2.45) is 5.84 Å². The first-order chi connectivity index (χ1) is 46.8. The minimum Gasteiger partial charge on any atom is -0.467 e. The highest BCUT2D eigenvalue weighted by Crippen LogP contribution is 2.36. The van der Waals surface area contributed by atoms with Crippen molar-refractivity contribution >= 4 is 64.0 Å². The number of Topliss-reactive ketones (excluding diaryl/α,β-unsaturated/α-hetero) is 1. The number of ether oxygens (including phenoxy) is 10. The van der Waals surface area contributed by atoms with E-state index in [-0.39, 0.29) is 68.3 Å². The van der Waals surface area contributed by atoms with Crippen LogP contribution in [0.3, 0.4) is 0 Å². The van der Waals surface area contributed by atoms with Crippen molar-refractivity contribution in [2.45, 2.75) is 129 Å². The van der Waals surface area contributed by atoms with Gasteiger partial charge >= 0.3 is 5.97 Å². The molecule has 0 radical (unpaired) electrons. The predicted octanol–water partition coefficient (Wildman–Crippen LogP) is 5.68. The van der Waals surface area contributed by atoms with Crippen LogP contribution in [0.4, 0.5) is 0 Å². The van der Waals surface area contributed by atoms with Gasteiger partial charge in [0, 0.05) is 37.1 Å². The van der Waals surface area contributed by atoms with Gasteiger partial charge in [-0.3, -0.25) is 44.5 Å². The van der Waals surface area contributed by atoms with Crippen LogP contribution in [0.25, 0.3) is 32.1 Å². The van der Waals surface area contributed by atoms with E-state index in [0.29, 0.717) is 46.1 Å². The molecule has 0 saturated carbocycles. The summed E-state index contributed by atoms with van der Waals surface area (Å²) in [5.41, 5.74) is 4.62. The number of carbonyl (C=O) groups is 5. The van der Waals surface area contributed by atoms with Gasteiger partial charge < -0.3 is 68.0 Å². The average Bonchev–Trinajstić information content (AvgIpc) is 1.69. The number of aliphatic hydroxyl groups excluding tert-OH is 3. The molecular formula is C63H78N14O18S3. The standard InChI is InChI=1S/C13H16N2O4.C12H13N3O2S.C10H11N3OS.C9H9N3O2S.C7H12O4.C6H12N2O3.C6H5NO2/c1-13(2)18-8-11(19-13)10(16)7-15-12(17)9-5-3-4-6-14-9;1-12(2)16-7-9(17-12)11-15-14-10(18-11)8-5-3-4-6-13-8;1-2-8(14)10-13-12-9(15-10)7-5-3-4-6-11-7;13-5-7(14)9-12-11-8(15-9)6-3-1-2-4-10-6;1-7(2)10-4-5(11-7)6(8)9-3;1-6(2)10-3-4(11-6)5(9)8-7;8-5-9-6-3-1-2-4-7-6/h3-6,11H,7-8H2,1-2H3,(H,15,17);3-6,9H,7H2,1-2H3;3-6,8,14H,2H2,1H3;1-4,7,13-14H,5H2;5H,4H2,1-3H3;4H,3,7H2,1-2H3,(H,8,9);1-5H. The Hall–Kier alpha value is -8.50. The predicted molar refractivity (Wildman–Crippen MR) is 352 cm³/mol. The zero-order chi connectivity index (χ0) is 71.3. The van der Waals surface area contributed by atoms with Crippen LogP contribution in [0.1, 0.15) is 113 Å². The van der Waals surface area contributed by atoms with Crippen molar-refractivity contribution in [3.05, 3.63) is 143 Å². The Morgan fingerprint density at radius 3 is 1.44 bits per heavy atom. The summed E-state index contributed by atoms with van der Waals surface area (Å²) >= 11 is 4.10. The zero-order valence-electron chi connectivity index (χ0n) is 55.2. The third-order valence-corrected chi connectivity index (χ3v) is 15.9. The number of aromatic nitrogens is 11. The second-order valence-corrected chi connectivity index (χ2v) is 25.2. The largest absolute Gasteiger partial charge is 0.467 e. The third kappa shape index (κ3) is 26.1. The van der Waals surface area contributed by atoms with E-state index >= 15 is 0 Å². The van der Waals surface area contributed by atoms with Crippen molar-refractivity contribution in [1.29, 1.82) is 0 Å². The Bertz CT molecular complexity index is 3580. The number of rotatable bonds is 16. The molecule has 98 heavy (non-hydrogen) atoms. The number of nitrogens with one attached hydrogen (secondary N) is 2. The first-order valence-corrected chi connectivity index (χ1v) is 32.5. The van der Waals surface area contributed by atoms with Crippen LogP contribution < -0.4 is 21.3 Å². The van der Waals surface area contributed by atoms with Gasteiger partial charge in [-0.1, -0.05) is 71.3 Å². The molecule has 6 unspecified atom stereocenters. The molecule has 0 bridgehead atoms. The van der Waals surface area contributed by atoms with E-state index in [1.165, 1.54) is 47.3 Å². The van der Waals surface area contributed by atoms with Crippen LogP contribution >= 0.6 is 34.0 Å². The molecule has 12 rings (SSSR count). The van der Waals surface area contributed by atoms with E-state index < -0.39 is 53.7 Å². The van der Waals surface area contributed by atoms with Crippen molar-refractivity contribution in [2.75, 3.05) is 46.7 Å². The van der Waals surface area contributed by atoms with Gasteiger partial charge in [0.25, 0.3) is 18.3 Å². The van der Waals surface area contributed by atoms with E-state index in [0.717, 1.165) is 26.4 Å². The van der Waals surface area contributed by atoms with Crippen LogP contribution in [0.5, 0.6) is 5.88 Å². The van der Waals surface area contributed by atoms with Crippen LogP contribution in [0.15, 0.2) is 122 Å². The lowest BCUT2D eigenvalue weighted by molar-refractivity contribution is -0.167. The molecule has 526 valence electrons. The highest BCUT2D eigenvalue weighted by atomic mass is 32.1. The number of carbonyl (C=O) groups excluding carboxylic acids is 5. The summed E-state index contributed by atoms with van der Waals surface area (Å²) in [6, 6.07) is 26.9. The Balaban J connectivity index is 0.000000183. The lowest BCUT2D eigenvalue weighted by Crippen LogP contribution is -2.41. The molecule has 6 atom stereocenters. The second-order valence-electron chi connectivity index (χ2n) is 22.2. The van der Waals surface area contributed by atoms with Gasteiger partial charge in [-0.05, 0) is 116 Å². The number of methoxy groups -OCH3 is 1. The molecule has 35 heteroatoms. The Morgan fingerprint density at radius 1 is 0.582 bits per heavy atom. The quantitative estimate of drug-likeness (QED) is 0.0223. The Kier molecular flexibility index (Phi) is 30.9. The lowest BCUT2D eigenvalue weighted by atomic mass is 10.2. The van der Waals surface area contributed by atoms with Crippen molar-refractivity contribution in [1.82, 2.24) is 66.3 Å². The molecule has 4 aliphatic heterocycles. The zero-order valence-corrected chi connectivity index (χ0v) is 57.7. The van der Waals surface area contributed by atoms with Gasteiger partial charge in [-0.15, -0.1) is 30.6 Å². The van der Waals surface area contributed by atoms with Gasteiger partial charge in [-0.25, -0.2) is 15.6 Å². The summed E-state index contributed by atoms with van der Waals surface area (Å²) in [5.74, 6) is 1.30. The summed E-state index contributed by atoms with van der Waals surface area (Å²) in [6.45, 7) is 17.4. The van der Waals surface area contributed by atoms with Crippen LogP contribution in [0, 0.1) is 0 Å². The summed E-state index contributed by atoms with van der Waals surface area (Å²) in [5, 5.41) is 58.2. The fourth-order valence-electron chi connectivity index (χ4n) is 7.97.